The van der Waals surface area contributed by atoms with Gasteiger partial charge in [0.25, 0.3) is 0 Å². The molecule has 0 aliphatic heterocycles. The lowest BCUT2D eigenvalue weighted by molar-refractivity contribution is 0.0597. The number of ether oxygens (including phenoxy) is 2. The number of carbonyl (C=O) groups is 2. The molecule has 0 aromatic carbocycles. The number of nitrogens with zero attached hydrogens (tertiary/aromatic N) is 2. The minimum atomic E-state index is -0.394. The van der Waals surface area contributed by atoms with Crippen LogP contribution in [0.15, 0.2) is 17.9 Å². The van der Waals surface area contributed by atoms with Crippen molar-refractivity contribution in [2.75, 3.05) is 20.0 Å². The Hall–Kier alpha value is -2.00. The predicted molar refractivity (Wildman–Crippen MR) is 71.3 cm³/mol. The number of esters is 2. The maximum Gasteiger partial charge on any atom is 0.349 e. The fourth-order valence-corrected chi connectivity index (χ4v) is 2.04. The van der Waals surface area contributed by atoms with E-state index in [2.05, 4.69) is 19.4 Å². The number of aromatic nitrogens is 2. The minimum Gasteiger partial charge on any atom is -0.465 e. The summed E-state index contributed by atoms with van der Waals surface area (Å²) in [5, 5.41) is 0.375. The van der Waals surface area contributed by atoms with Gasteiger partial charge in [-0.05, 0) is 0 Å². The van der Waals surface area contributed by atoms with Crippen LogP contribution in [-0.2, 0) is 9.47 Å². The van der Waals surface area contributed by atoms with Crippen LogP contribution in [0.4, 0.5) is 5.13 Å². The van der Waals surface area contributed by atoms with Gasteiger partial charge in [0.15, 0.2) is 5.13 Å². The van der Waals surface area contributed by atoms with Crippen LogP contribution in [0, 0.1) is 0 Å². The molecule has 0 saturated heterocycles. The van der Waals surface area contributed by atoms with Crippen molar-refractivity contribution in [1.29, 1.82) is 0 Å². The van der Waals surface area contributed by atoms with Crippen molar-refractivity contribution in [3.05, 3.63) is 27.7 Å². The van der Waals surface area contributed by atoms with Crippen molar-refractivity contribution < 1.29 is 19.1 Å². The third kappa shape index (κ3) is 4.64. The van der Waals surface area contributed by atoms with E-state index in [9.17, 15) is 9.59 Å². The molecule has 102 valence electrons. The first-order chi connectivity index (χ1) is 9.08. The van der Waals surface area contributed by atoms with Gasteiger partial charge >= 0.3 is 11.9 Å². The quantitative estimate of drug-likeness (QED) is 0.837. The summed E-state index contributed by atoms with van der Waals surface area (Å²) < 4.78 is 8.85. The molecule has 0 radical (unpaired) electrons. The Kier molecular flexibility index (Phi) is 5.90. The van der Waals surface area contributed by atoms with E-state index in [0.717, 1.165) is 11.3 Å². The molecule has 2 N–H and O–H groups in total. The van der Waals surface area contributed by atoms with Crippen molar-refractivity contribution >= 4 is 39.7 Å². The van der Waals surface area contributed by atoms with E-state index in [4.69, 9.17) is 5.73 Å². The van der Waals surface area contributed by atoms with Crippen LogP contribution in [0.25, 0.3) is 0 Å². The Labute approximate surface area is 117 Å². The van der Waals surface area contributed by atoms with E-state index < -0.39 is 5.97 Å². The summed E-state index contributed by atoms with van der Waals surface area (Å²) in [6.45, 7) is 0. The topological polar surface area (TPSA) is 104 Å². The SMILES string of the molecule is COC(=O)c1cnc(N)s1.COC(=O)c1cncs1. The predicted octanol–water partition coefficient (Wildman–Crippen LogP) is 1.44. The average molecular weight is 301 g/mol. The van der Waals surface area contributed by atoms with Crippen LogP contribution < -0.4 is 5.73 Å². The second kappa shape index (κ2) is 7.44. The first-order valence-corrected chi connectivity index (χ1v) is 6.54. The minimum absolute atomic E-state index is 0.322. The number of anilines is 1. The van der Waals surface area contributed by atoms with Gasteiger partial charge in [-0.15, -0.1) is 11.3 Å². The lowest BCUT2D eigenvalue weighted by Crippen LogP contribution is -1.96. The second-order valence-corrected chi connectivity index (χ2v) is 4.86. The first-order valence-electron chi connectivity index (χ1n) is 4.85. The zero-order chi connectivity index (χ0) is 14.3. The molecule has 2 aromatic heterocycles. The zero-order valence-corrected chi connectivity index (χ0v) is 11.8. The standard InChI is InChI=1S/C5H6N2O2S.C5H5NO2S/c1-9-4(8)3-2-7-5(6)10-3;1-8-5(7)4-2-6-3-9-4/h2H,1H3,(H2,6,7);2-3H,1H3. The fraction of sp³-hybridized carbons (Fsp3) is 0.200. The number of nitrogens with two attached hydrogens (primary N) is 1. The molecule has 2 heterocycles. The highest BCUT2D eigenvalue weighted by molar-refractivity contribution is 7.17. The fourth-order valence-electron chi connectivity index (χ4n) is 0.900. The van der Waals surface area contributed by atoms with Crippen molar-refractivity contribution in [3.63, 3.8) is 0 Å². The second-order valence-electron chi connectivity index (χ2n) is 2.91. The number of hydrogen-bond donors (Lipinski definition) is 1. The summed E-state index contributed by atoms with van der Waals surface area (Å²) in [6.07, 6.45) is 2.88. The Morgan fingerprint density at radius 1 is 1.16 bits per heavy atom. The molecule has 0 aliphatic rings. The van der Waals surface area contributed by atoms with Gasteiger partial charge in [0.05, 0.1) is 32.1 Å². The number of carbonyl (C=O) groups excluding carboxylic acids is 2. The van der Waals surface area contributed by atoms with Gasteiger partial charge in [0.2, 0.25) is 0 Å². The molecule has 7 nitrogen and oxygen atoms in total. The molecule has 0 fully saturated rings. The Bertz CT molecular complexity index is 539. The molecule has 0 saturated carbocycles. The highest BCUT2D eigenvalue weighted by Gasteiger charge is 2.07. The molecule has 19 heavy (non-hydrogen) atoms. The molecule has 0 bridgehead atoms. The van der Waals surface area contributed by atoms with E-state index in [-0.39, 0.29) is 5.97 Å². The van der Waals surface area contributed by atoms with E-state index >= 15 is 0 Å². The van der Waals surface area contributed by atoms with Crippen LogP contribution >= 0.6 is 22.7 Å². The van der Waals surface area contributed by atoms with Crippen molar-refractivity contribution in [3.8, 4) is 0 Å². The maximum absolute atomic E-state index is 10.7. The summed E-state index contributed by atoms with van der Waals surface area (Å²) in [6, 6.07) is 0. The normalized spacial score (nSPS) is 9.16. The number of nitrogen functional groups attached to an aromatic ring is 1. The molecule has 0 spiro atoms. The lowest BCUT2D eigenvalue weighted by atomic mass is 10.6. The van der Waals surface area contributed by atoms with Crippen molar-refractivity contribution in [1.82, 2.24) is 9.97 Å². The Morgan fingerprint density at radius 3 is 2.21 bits per heavy atom. The highest BCUT2D eigenvalue weighted by Crippen LogP contribution is 2.14. The Morgan fingerprint density at radius 2 is 1.79 bits per heavy atom. The van der Waals surface area contributed by atoms with Crippen LogP contribution in [0.1, 0.15) is 19.3 Å². The van der Waals surface area contributed by atoms with Gasteiger partial charge in [0.1, 0.15) is 9.75 Å². The number of methoxy groups -OCH3 is 2. The molecule has 0 aliphatic carbocycles. The van der Waals surface area contributed by atoms with Crippen LogP contribution in [0.5, 0.6) is 0 Å². The largest absolute Gasteiger partial charge is 0.465 e. The molecular weight excluding hydrogens is 290 g/mol. The van der Waals surface area contributed by atoms with Gasteiger partial charge in [-0.1, -0.05) is 11.3 Å². The first kappa shape index (κ1) is 15.1. The van der Waals surface area contributed by atoms with E-state index in [0.29, 0.717) is 14.9 Å². The maximum atomic E-state index is 10.7. The Balaban J connectivity index is 0.000000191. The number of rotatable bonds is 2. The highest BCUT2D eigenvalue weighted by atomic mass is 32.1. The van der Waals surface area contributed by atoms with Gasteiger partial charge in [0, 0.05) is 0 Å². The molecule has 2 rings (SSSR count). The van der Waals surface area contributed by atoms with Gasteiger partial charge in [-0.3, -0.25) is 4.98 Å². The number of hydrogen-bond acceptors (Lipinski definition) is 9. The van der Waals surface area contributed by atoms with Gasteiger partial charge in [-0.2, -0.15) is 0 Å². The smallest absolute Gasteiger partial charge is 0.349 e. The summed E-state index contributed by atoms with van der Waals surface area (Å²) in [7, 11) is 2.67. The van der Waals surface area contributed by atoms with Gasteiger partial charge in [-0.25, -0.2) is 14.6 Å². The van der Waals surface area contributed by atoms with Gasteiger partial charge < -0.3 is 15.2 Å². The van der Waals surface area contributed by atoms with Crippen LogP contribution in [0.2, 0.25) is 0 Å². The van der Waals surface area contributed by atoms with Crippen molar-refractivity contribution in [2.24, 2.45) is 0 Å². The molecule has 2 aromatic rings. The van der Waals surface area contributed by atoms with Crippen LogP contribution in [0.3, 0.4) is 0 Å². The third-order valence-electron chi connectivity index (χ3n) is 1.73. The summed E-state index contributed by atoms with van der Waals surface area (Å²) in [4.78, 5) is 29.7. The summed E-state index contributed by atoms with van der Waals surface area (Å²) in [5.41, 5.74) is 6.86. The van der Waals surface area contributed by atoms with E-state index in [1.807, 2.05) is 0 Å². The zero-order valence-electron chi connectivity index (χ0n) is 10.2. The molecule has 9 heteroatoms. The average Bonchev–Trinajstić information content (AvgIpc) is 3.08. The summed E-state index contributed by atoms with van der Waals surface area (Å²) >= 11 is 2.38. The lowest BCUT2D eigenvalue weighted by Gasteiger charge is -1.89. The molecule has 0 unspecified atom stereocenters. The molecule has 0 amide bonds. The third-order valence-corrected chi connectivity index (χ3v) is 3.29. The van der Waals surface area contributed by atoms with Crippen LogP contribution in [-0.4, -0.2) is 36.1 Å². The van der Waals surface area contributed by atoms with E-state index in [1.165, 1.54) is 38.0 Å². The molecule has 0 atom stereocenters. The van der Waals surface area contributed by atoms with E-state index in [1.54, 1.807) is 5.51 Å². The number of thiazole rings is 2. The summed E-state index contributed by atoms with van der Waals surface area (Å²) in [5.74, 6) is -0.716. The molecular formula is C10H11N3O4S2. The van der Waals surface area contributed by atoms with Crippen molar-refractivity contribution in [2.45, 2.75) is 0 Å². The monoisotopic (exact) mass is 301 g/mol.